The number of furan rings is 1. The number of nitrogens with zero attached hydrogens (tertiary/aromatic N) is 3. The molecule has 0 aromatic carbocycles. The van der Waals surface area contributed by atoms with Gasteiger partial charge in [-0.05, 0) is 12.1 Å². The molecule has 0 spiro atoms. The van der Waals surface area contributed by atoms with Crippen LogP contribution in [-0.4, -0.2) is 25.7 Å². The number of fused-ring (bicyclic) bond motifs is 1. The van der Waals surface area contributed by atoms with Crippen LogP contribution in [0.25, 0.3) is 17.1 Å². The molecule has 6 nitrogen and oxygen atoms in total. The summed E-state index contributed by atoms with van der Waals surface area (Å²) in [5.41, 5.74) is 1.28. The fourth-order valence-electron chi connectivity index (χ4n) is 1.53. The van der Waals surface area contributed by atoms with Crippen molar-refractivity contribution in [2.45, 2.75) is 0 Å². The Morgan fingerprint density at radius 3 is 3.06 bits per heavy atom. The molecule has 0 atom stereocenters. The molecule has 0 aliphatic rings. The van der Waals surface area contributed by atoms with E-state index in [0.29, 0.717) is 17.1 Å². The Labute approximate surface area is 95.1 Å². The van der Waals surface area contributed by atoms with Crippen molar-refractivity contribution in [3.63, 3.8) is 0 Å². The second-order valence-electron chi connectivity index (χ2n) is 3.46. The summed E-state index contributed by atoms with van der Waals surface area (Å²) >= 11 is 0. The van der Waals surface area contributed by atoms with Crippen LogP contribution in [-0.2, 0) is 0 Å². The Morgan fingerprint density at radius 1 is 1.47 bits per heavy atom. The number of carbonyl (C=O) groups is 1. The predicted molar refractivity (Wildman–Crippen MR) is 57.6 cm³/mol. The quantitative estimate of drug-likeness (QED) is 0.723. The Morgan fingerprint density at radius 2 is 2.35 bits per heavy atom. The van der Waals surface area contributed by atoms with Crippen LogP contribution in [0, 0.1) is 0 Å². The van der Waals surface area contributed by atoms with E-state index in [4.69, 9.17) is 9.52 Å². The molecule has 17 heavy (non-hydrogen) atoms. The van der Waals surface area contributed by atoms with Gasteiger partial charge in [0.1, 0.15) is 5.69 Å². The summed E-state index contributed by atoms with van der Waals surface area (Å²) < 4.78 is 6.62. The smallest absolute Gasteiger partial charge is 0.338 e. The van der Waals surface area contributed by atoms with Gasteiger partial charge in [-0.15, -0.1) is 0 Å². The van der Waals surface area contributed by atoms with E-state index in [1.54, 1.807) is 24.5 Å². The van der Waals surface area contributed by atoms with Crippen molar-refractivity contribution in [1.29, 1.82) is 0 Å². The molecule has 0 saturated heterocycles. The van der Waals surface area contributed by atoms with Crippen LogP contribution in [0.3, 0.4) is 0 Å². The molecule has 0 aliphatic carbocycles. The van der Waals surface area contributed by atoms with E-state index >= 15 is 0 Å². The highest BCUT2D eigenvalue weighted by Gasteiger charge is 2.10. The number of rotatable bonds is 2. The van der Waals surface area contributed by atoms with Crippen molar-refractivity contribution in [3.8, 4) is 11.5 Å². The monoisotopic (exact) mass is 229 g/mol. The molecular weight excluding hydrogens is 222 g/mol. The van der Waals surface area contributed by atoms with Crippen LogP contribution in [0.5, 0.6) is 0 Å². The van der Waals surface area contributed by atoms with E-state index in [9.17, 15) is 4.79 Å². The number of carboxylic acid groups (broad SMARTS) is 1. The molecule has 3 aromatic heterocycles. The largest absolute Gasteiger partial charge is 0.478 e. The highest BCUT2D eigenvalue weighted by molar-refractivity contribution is 5.87. The molecule has 0 unspecified atom stereocenters. The zero-order valence-electron chi connectivity index (χ0n) is 8.57. The van der Waals surface area contributed by atoms with Gasteiger partial charge in [0.15, 0.2) is 11.4 Å². The van der Waals surface area contributed by atoms with Gasteiger partial charge in [-0.3, -0.25) is 0 Å². The van der Waals surface area contributed by atoms with Crippen molar-refractivity contribution in [2.24, 2.45) is 0 Å². The van der Waals surface area contributed by atoms with Crippen molar-refractivity contribution < 1.29 is 14.3 Å². The topological polar surface area (TPSA) is 80.6 Å². The number of hydrogen-bond donors (Lipinski definition) is 1. The summed E-state index contributed by atoms with van der Waals surface area (Å²) in [6, 6.07) is 5.26. The van der Waals surface area contributed by atoms with Crippen molar-refractivity contribution >= 4 is 11.6 Å². The van der Waals surface area contributed by atoms with E-state index < -0.39 is 5.97 Å². The summed E-state index contributed by atoms with van der Waals surface area (Å²) in [6.07, 6.45) is 4.26. The van der Waals surface area contributed by atoms with Crippen LogP contribution in [0.4, 0.5) is 0 Å². The highest BCUT2D eigenvalue weighted by Crippen LogP contribution is 2.19. The summed E-state index contributed by atoms with van der Waals surface area (Å²) in [5.74, 6) is -0.415. The lowest BCUT2D eigenvalue weighted by molar-refractivity contribution is 0.0695. The maximum atomic E-state index is 10.8. The van der Waals surface area contributed by atoms with Crippen molar-refractivity contribution in [3.05, 3.63) is 42.4 Å². The molecule has 1 N–H and O–H groups in total. The lowest BCUT2D eigenvalue weighted by Crippen LogP contribution is -2.00. The predicted octanol–water partition coefficient (Wildman–Crippen LogP) is 1.69. The molecule has 3 aromatic rings. The van der Waals surface area contributed by atoms with Gasteiger partial charge in [-0.25, -0.2) is 14.3 Å². The molecule has 0 fully saturated rings. The zero-order valence-corrected chi connectivity index (χ0v) is 8.57. The van der Waals surface area contributed by atoms with Gasteiger partial charge in [0.25, 0.3) is 0 Å². The molecule has 0 bridgehead atoms. The highest BCUT2D eigenvalue weighted by atomic mass is 16.4. The number of aromatic carboxylic acids is 1. The molecule has 0 radical (unpaired) electrons. The molecule has 0 saturated carbocycles. The van der Waals surface area contributed by atoms with Crippen LogP contribution in [0.15, 0.2) is 41.3 Å². The second kappa shape index (κ2) is 3.44. The van der Waals surface area contributed by atoms with E-state index in [1.807, 2.05) is 0 Å². The first-order chi connectivity index (χ1) is 8.24. The van der Waals surface area contributed by atoms with Crippen molar-refractivity contribution in [2.75, 3.05) is 0 Å². The summed E-state index contributed by atoms with van der Waals surface area (Å²) in [7, 11) is 0. The van der Waals surface area contributed by atoms with Gasteiger partial charge < -0.3 is 9.52 Å². The molecule has 0 amide bonds. The van der Waals surface area contributed by atoms with E-state index in [2.05, 4.69) is 10.1 Å². The molecule has 84 valence electrons. The van der Waals surface area contributed by atoms with Gasteiger partial charge in [-0.1, -0.05) is 0 Å². The van der Waals surface area contributed by atoms with Gasteiger partial charge in [-0.2, -0.15) is 5.10 Å². The van der Waals surface area contributed by atoms with Crippen LogP contribution in [0.2, 0.25) is 0 Å². The van der Waals surface area contributed by atoms with E-state index in [0.717, 1.165) is 0 Å². The third-order valence-corrected chi connectivity index (χ3v) is 2.33. The van der Waals surface area contributed by atoms with Crippen molar-refractivity contribution in [1.82, 2.24) is 14.6 Å². The Bertz CT molecular complexity index is 685. The summed E-state index contributed by atoms with van der Waals surface area (Å²) in [5, 5.41) is 13.0. The molecule has 0 aliphatic heterocycles. The van der Waals surface area contributed by atoms with Gasteiger partial charge in [0.05, 0.1) is 11.8 Å². The zero-order chi connectivity index (χ0) is 11.8. The molecule has 3 heterocycles. The second-order valence-corrected chi connectivity index (χ2v) is 3.46. The van der Waals surface area contributed by atoms with E-state index in [1.165, 1.54) is 16.9 Å². The maximum absolute atomic E-state index is 10.8. The normalized spacial score (nSPS) is 10.8. The van der Waals surface area contributed by atoms with Crippen LogP contribution < -0.4 is 0 Å². The van der Waals surface area contributed by atoms with Gasteiger partial charge in [0, 0.05) is 18.5 Å². The number of hydrogen-bond acceptors (Lipinski definition) is 4. The minimum absolute atomic E-state index is 0.0894. The summed E-state index contributed by atoms with van der Waals surface area (Å²) in [4.78, 5) is 14.8. The first-order valence-corrected chi connectivity index (χ1v) is 4.86. The van der Waals surface area contributed by atoms with Crippen LogP contribution >= 0.6 is 0 Å². The fourth-order valence-corrected chi connectivity index (χ4v) is 1.53. The Balaban J connectivity index is 2.16. The first kappa shape index (κ1) is 9.59. The Hall–Kier alpha value is -2.63. The minimum Gasteiger partial charge on any atom is -0.478 e. The average Bonchev–Trinajstić information content (AvgIpc) is 2.96. The Kier molecular flexibility index (Phi) is 1.94. The molecule has 6 heteroatoms. The van der Waals surface area contributed by atoms with Crippen LogP contribution in [0.1, 0.15) is 10.4 Å². The third kappa shape index (κ3) is 1.55. The summed E-state index contributed by atoms with van der Waals surface area (Å²) in [6.45, 7) is 0. The minimum atomic E-state index is -1.03. The lowest BCUT2D eigenvalue weighted by Gasteiger charge is -1.94. The van der Waals surface area contributed by atoms with E-state index in [-0.39, 0.29) is 5.56 Å². The number of aromatic nitrogens is 3. The number of carboxylic acids is 1. The average molecular weight is 229 g/mol. The fraction of sp³-hybridized carbons (Fsp3) is 0. The molecular formula is C11H7N3O3. The van der Waals surface area contributed by atoms with Gasteiger partial charge >= 0.3 is 5.97 Å². The SMILES string of the molecule is O=C(O)c1cnc2cc(-c3ccco3)nn2c1. The lowest BCUT2D eigenvalue weighted by atomic mass is 10.3. The maximum Gasteiger partial charge on any atom is 0.338 e. The van der Waals surface area contributed by atoms with Gasteiger partial charge in [0.2, 0.25) is 0 Å². The standard InChI is InChI=1S/C11H7N3O3/c15-11(16)7-5-12-10-4-8(13-14(10)6-7)9-2-1-3-17-9/h1-6H,(H,15,16). The molecule has 3 rings (SSSR count). The third-order valence-electron chi connectivity index (χ3n) is 2.33. The first-order valence-electron chi connectivity index (χ1n) is 4.86.